The molecular weight excluding hydrogens is 244 g/mol. The molecule has 0 saturated carbocycles. The van der Waals surface area contributed by atoms with Crippen molar-refractivity contribution in [2.75, 3.05) is 0 Å². The third kappa shape index (κ3) is 1.51. The van der Waals surface area contributed by atoms with E-state index < -0.39 is 5.97 Å². The Bertz CT molecular complexity index is 506. The second-order valence-corrected chi connectivity index (χ2v) is 3.89. The molecule has 0 aliphatic carbocycles. The van der Waals surface area contributed by atoms with Gasteiger partial charge in [0.1, 0.15) is 0 Å². The topological polar surface area (TPSA) is 37.3 Å². The molecule has 3 heteroatoms. The number of rotatable bonds is 1. The first-order valence-corrected chi connectivity index (χ1v) is 4.89. The SMILES string of the molecule is O=C(O)c1cccc2cc(Br)ccc12. The average Bonchev–Trinajstić information content (AvgIpc) is 2.16. The van der Waals surface area contributed by atoms with E-state index in [-0.39, 0.29) is 0 Å². The molecule has 14 heavy (non-hydrogen) atoms. The summed E-state index contributed by atoms with van der Waals surface area (Å²) in [5, 5.41) is 10.6. The van der Waals surface area contributed by atoms with Gasteiger partial charge in [0.25, 0.3) is 0 Å². The summed E-state index contributed by atoms with van der Waals surface area (Å²) in [7, 11) is 0. The predicted octanol–water partition coefficient (Wildman–Crippen LogP) is 3.30. The van der Waals surface area contributed by atoms with Crippen LogP contribution in [0.1, 0.15) is 10.4 Å². The monoisotopic (exact) mass is 250 g/mol. The third-order valence-corrected chi connectivity index (χ3v) is 2.57. The number of carboxylic acid groups (broad SMARTS) is 1. The lowest BCUT2D eigenvalue weighted by Crippen LogP contribution is -1.96. The first-order valence-electron chi connectivity index (χ1n) is 4.10. The van der Waals surface area contributed by atoms with Crippen LogP contribution >= 0.6 is 15.9 Å². The highest BCUT2D eigenvalue weighted by Gasteiger charge is 2.06. The van der Waals surface area contributed by atoms with E-state index in [0.717, 1.165) is 15.2 Å². The van der Waals surface area contributed by atoms with Gasteiger partial charge in [0.05, 0.1) is 5.56 Å². The van der Waals surface area contributed by atoms with Crippen LogP contribution in [0.5, 0.6) is 0 Å². The van der Waals surface area contributed by atoms with Crippen LogP contribution in [0.15, 0.2) is 40.9 Å². The van der Waals surface area contributed by atoms with Crippen molar-refractivity contribution in [1.29, 1.82) is 0 Å². The van der Waals surface area contributed by atoms with Gasteiger partial charge in [-0.05, 0) is 29.0 Å². The minimum Gasteiger partial charge on any atom is -0.478 e. The molecule has 0 heterocycles. The lowest BCUT2D eigenvalue weighted by molar-refractivity contribution is 0.0699. The highest BCUT2D eigenvalue weighted by Crippen LogP contribution is 2.22. The fourth-order valence-corrected chi connectivity index (χ4v) is 1.82. The number of halogens is 1. The summed E-state index contributed by atoms with van der Waals surface area (Å²) in [6.45, 7) is 0. The number of aromatic carboxylic acids is 1. The Balaban J connectivity index is 2.81. The van der Waals surface area contributed by atoms with E-state index in [1.54, 1.807) is 12.1 Å². The first kappa shape index (κ1) is 9.21. The molecule has 0 saturated heterocycles. The zero-order valence-electron chi connectivity index (χ0n) is 7.20. The zero-order chi connectivity index (χ0) is 10.1. The van der Waals surface area contributed by atoms with Crippen LogP contribution < -0.4 is 0 Å². The third-order valence-electron chi connectivity index (χ3n) is 2.07. The van der Waals surface area contributed by atoms with Gasteiger partial charge in [0.15, 0.2) is 0 Å². The van der Waals surface area contributed by atoms with Crippen LogP contribution in [-0.4, -0.2) is 11.1 Å². The Morgan fingerprint density at radius 1 is 1.21 bits per heavy atom. The largest absolute Gasteiger partial charge is 0.478 e. The molecule has 0 atom stereocenters. The Labute approximate surface area is 89.3 Å². The van der Waals surface area contributed by atoms with Gasteiger partial charge < -0.3 is 5.11 Å². The van der Waals surface area contributed by atoms with E-state index in [4.69, 9.17) is 5.11 Å². The van der Waals surface area contributed by atoms with Crippen molar-refractivity contribution >= 4 is 32.7 Å². The molecule has 0 fully saturated rings. The van der Waals surface area contributed by atoms with Crippen molar-refractivity contribution in [1.82, 2.24) is 0 Å². The summed E-state index contributed by atoms with van der Waals surface area (Å²) >= 11 is 3.35. The molecule has 0 radical (unpaired) electrons. The van der Waals surface area contributed by atoms with E-state index in [9.17, 15) is 4.79 Å². The molecule has 2 rings (SSSR count). The standard InChI is InChI=1S/C11H7BrO2/c12-8-4-5-9-7(6-8)2-1-3-10(9)11(13)14/h1-6H,(H,13,14). The second kappa shape index (κ2) is 3.42. The first-order chi connectivity index (χ1) is 6.68. The normalized spacial score (nSPS) is 10.4. The molecule has 0 aliphatic heterocycles. The number of benzene rings is 2. The molecule has 0 spiro atoms. The number of hydrogen-bond donors (Lipinski definition) is 1. The number of carbonyl (C=O) groups is 1. The molecule has 0 amide bonds. The van der Waals surface area contributed by atoms with E-state index in [1.165, 1.54) is 0 Å². The molecule has 70 valence electrons. The molecule has 2 aromatic carbocycles. The van der Waals surface area contributed by atoms with Gasteiger partial charge in [-0.3, -0.25) is 0 Å². The van der Waals surface area contributed by atoms with Gasteiger partial charge in [-0.1, -0.05) is 34.1 Å². The minimum absolute atomic E-state index is 0.343. The van der Waals surface area contributed by atoms with Crippen LogP contribution in [0.25, 0.3) is 10.8 Å². The van der Waals surface area contributed by atoms with Crippen LogP contribution in [0, 0.1) is 0 Å². The molecule has 0 aliphatic rings. The lowest BCUT2D eigenvalue weighted by atomic mass is 10.1. The van der Waals surface area contributed by atoms with Crippen molar-refractivity contribution in [2.24, 2.45) is 0 Å². The van der Waals surface area contributed by atoms with Crippen molar-refractivity contribution in [3.8, 4) is 0 Å². The number of fused-ring (bicyclic) bond motifs is 1. The van der Waals surface area contributed by atoms with Crippen molar-refractivity contribution in [3.63, 3.8) is 0 Å². The molecule has 0 aromatic heterocycles. The number of hydrogen-bond acceptors (Lipinski definition) is 1. The van der Waals surface area contributed by atoms with Gasteiger partial charge >= 0.3 is 5.97 Å². The Morgan fingerprint density at radius 3 is 2.71 bits per heavy atom. The van der Waals surface area contributed by atoms with Crippen LogP contribution in [-0.2, 0) is 0 Å². The Hall–Kier alpha value is -1.35. The van der Waals surface area contributed by atoms with Crippen LogP contribution in [0.4, 0.5) is 0 Å². The molecular formula is C11H7BrO2. The smallest absolute Gasteiger partial charge is 0.336 e. The maximum Gasteiger partial charge on any atom is 0.336 e. The maximum atomic E-state index is 10.9. The molecule has 1 N–H and O–H groups in total. The summed E-state index contributed by atoms with van der Waals surface area (Å²) < 4.78 is 0.951. The van der Waals surface area contributed by atoms with Crippen LogP contribution in [0.2, 0.25) is 0 Å². The second-order valence-electron chi connectivity index (χ2n) is 2.98. The molecule has 2 aromatic rings. The summed E-state index contributed by atoms with van der Waals surface area (Å²) in [6.07, 6.45) is 0. The average molecular weight is 251 g/mol. The van der Waals surface area contributed by atoms with Gasteiger partial charge in [-0.25, -0.2) is 4.79 Å². The van der Waals surface area contributed by atoms with E-state index in [2.05, 4.69) is 15.9 Å². The van der Waals surface area contributed by atoms with Gasteiger partial charge in [0.2, 0.25) is 0 Å². The van der Waals surface area contributed by atoms with Crippen molar-refractivity contribution in [3.05, 3.63) is 46.4 Å². The highest BCUT2D eigenvalue weighted by atomic mass is 79.9. The molecule has 2 nitrogen and oxygen atoms in total. The predicted molar refractivity (Wildman–Crippen MR) is 58.6 cm³/mol. The highest BCUT2D eigenvalue weighted by molar-refractivity contribution is 9.10. The Kier molecular flexibility index (Phi) is 2.25. The maximum absolute atomic E-state index is 10.9. The van der Waals surface area contributed by atoms with E-state index in [1.807, 2.05) is 24.3 Å². The van der Waals surface area contributed by atoms with Crippen molar-refractivity contribution in [2.45, 2.75) is 0 Å². The van der Waals surface area contributed by atoms with Crippen molar-refractivity contribution < 1.29 is 9.90 Å². The molecule has 0 unspecified atom stereocenters. The molecule has 0 bridgehead atoms. The Morgan fingerprint density at radius 2 is 2.00 bits per heavy atom. The fraction of sp³-hybridized carbons (Fsp3) is 0. The number of carboxylic acids is 1. The van der Waals surface area contributed by atoms with E-state index >= 15 is 0 Å². The van der Waals surface area contributed by atoms with E-state index in [0.29, 0.717) is 5.56 Å². The minimum atomic E-state index is -0.891. The summed E-state index contributed by atoms with van der Waals surface area (Å²) in [4.78, 5) is 10.9. The quantitative estimate of drug-likeness (QED) is 0.844. The van der Waals surface area contributed by atoms with Crippen LogP contribution in [0.3, 0.4) is 0 Å². The van der Waals surface area contributed by atoms with Gasteiger partial charge in [0, 0.05) is 4.47 Å². The fourth-order valence-electron chi connectivity index (χ4n) is 1.44. The van der Waals surface area contributed by atoms with Gasteiger partial charge in [-0.2, -0.15) is 0 Å². The lowest BCUT2D eigenvalue weighted by Gasteiger charge is -2.02. The summed E-state index contributed by atoms with van der Waals surface area (Å²) in [5.74, 6) is -0.891. The summed E-state index contributed by atoms with van der Waals surface area (Å²) in [5.41, 5.74) is 0.343. The zero-order valence-corrected chi connectivity index (χ0v) is 8.78. The summed E-state index contributed by atoms with van der Waals surface area (Å²) in [6, 6.07) is 10.8. The van der Waals surface area contributed by atoms with Gasteiger partial charge in [-0.15, -0.1) is 0 Å².